The predicted octanol–water partition coefficient (Wildman–Crippen LogP) is 3.42. The van der Waals surface area contributed by atoms with Gasteiger partial charge in [-0.25, -0.2) is 0 Å². The zero-order chi connectivity index (χ0) is 19.5. The maximum atomic E-state index is 12.3. The van der Waals surface area contributed by atoms with Crippen LogP contribution in [0, 0.1) is 10.1 Å². The summed E-state index contributed by atoms with van der Waals surface area (Å²) in [6.45, 7) is 0.601. The second-order valence-electron chi connectivity index (χ2n) is 6.18. The van der Waals surface area contributed by atoms with Gasteiger partial charge in [0.05, 0.1) is 11.5 Å². The van der Waals surface area contributed by atoms with E-state index >= 15 is 0 Å². The molecule has 0 fully saturated rings. The minimum absolute atomic E-state index is 0.00968. The van der Waals surface area contributed by atoms with Crippen LogP contribution in [0.3, 0.4) is 0 Å². The fraction of sp³-hybridized carbons (Fsp3) is 0.150. The third kappa shape index (κ3) is 3.66. The molecule has 4 rings (SSSR count). The van der Waals surface area contributed by atoms with E-state index in [-0.39, 0.29) is 30.0 Å². The highest BCUT2D eigenvalue weighted by Crippen LogP contribution is 2.30. The number of rotatable bonds is 5. The Hall–Kier alpha value is -3.81. The first kappa shape index (κ1) is 17.6. The van der Waals surface area contributed by atoms with E-state index < -0.39 is 4.92 Å². The van der Waals surface area contributed by atoms with E-state index in [2.05, 4.69) is 5.32 Å². The average molecular weight is 380 g/mol. The van der Waals surface area contributed by atoms with Gasteiger partial charge in [0, 0.05) is 17.7 Å². The summed E-state index contributed by atoms with van der Waals surface area (Å²) in [4.78, 5) is 22.6. The van der Waals surface area contributed by atoms with Crippen LogP contribution in [0.4, 0.5) is 5.69 Å². The van der Waals surface area contributed by atoms with Crippen LogP contribution < -0.4 is 14.8 Å². The highest BCUT2D eigenvalue weighted by atomic mass is 16.6. The van der Waals surface area contributed by atoms with Gasteiger partial charge < -0.3 is 19.2 Å². The Morgan fingerprint density at radius 1 is 1.07 bits per heavy atom. The molecule has 0 radical (unpaired) electrons. The number of benzene rings is 2. The second-order valence-corrected chi connectivity index (χ2v) is 6.18. The maximum absolute atomic E-state index is 12.3. The molecule has 142 valence electrons. The summed E-state index contributed by atoms with van der Waals surface area (Å²) in [5, 5.41) is 13.5. The van der Waals surface area contributed by atoms with Crippen molar-refractivity contribution in [1.29, 1.82) is 0 Å². The molecule has 3 aromatic rings. The highest BCUT2D eigenvalue weighted by molar-refractivity contribution is 5.92. The number of carbonyl (C=O) groups excluding carboxylic acids is 1. The number of nitrogens with one attached hydrogen (secondary N) is 1. The summed E-state index contributed by atoms with van der Waals surface area (Å²) in [6.07, 6.45) is -0.303. The van der Waals surface area contributed by atoms with Crippen LogP contribution in [-0.2, 0) is 0 Å². The highest BCUT2D eigenvalue weighted by Gasteiger charge is 2.22. The Labute approximate surface area is 159 Å². The molecule has 0 spiro atoms. The number of nitrogens with zero attached hydrogens (tertiary/aromatic N) is 1. The molecule has 1 unspecified atom stereocenters. The second kappa shape index (κ2) is 7.43. The van der Waals surface area contributed by atoms with E-state index in [9.17, 15) is 14.9 Å². The lowest BCUT2D eigenvalue weighted by atomic mass is 10.1. The molecule has 1 atom stereocenters. The number of furan rings is 1. The smallest absolute Gasteiger partial charge is 0.287 e. The predicted molar refractivity (Wildman–Crippen MR) is 99.5 cm³/mol. The number of para-hydroxylation sites is 2. The van der Waals surface area contributed by atoms with Crippen LogP contribution in [0.2, 0.25) is 0 Å². The molecule has 8 heteroatoms. The van der Waals surface area contributed by atoms with Gasteiger partial charge in [-0.15, -0.1) is 0 Å². The van der Waals surface area contributed by atoms with Crippen molar-refractivity contribution in [2.24, 2.45) is 0 Å². The zero-order valence-corrected chi connectivity index (χ0v) is 14.7. The van der Waals surface area contributed by atoms with Crippen molar-refractivity contribution in [2.75, 3.05) is 13.2 Å². The van der Waals surface area contributed by atoms with Crippen LogP contribution in [0.5, 0.6) is 11.5 Å². The number of amides is 1. The molecule has 0 saturated carbocycles. The SMILES string of the molecule is O=C(NCC1COc2ccccc2O1)c1ccc(-c2ccc([N+](=O)[O-])cc2)o1. The van der Waals surface area contributed by atoms with Gasteiger partial charge in [0.25, 0.3) is 11.6 Å². The number of hydrogen-bond donors (Lipinski definition) is 1. The number of hydrogen-bond acceptors (Lipinski definition) is 6. The molecule has 1 aromatic heterocycles. The van der Waals surface area contributed by atoms with Crippen molar-refractivity contribution < 1.29 is 23.6 Å². The van der Waals surface area contributed by atoms with Gasteiger partial charge in [-0.2, -0.15) is 0 Å². The van der Waals surface area contributed by atoms with E-state index in [4.69, 9.17) is 13.9 Å². The van der Waals surface area contributed by atoms with Crippen LogP contribution in [0.25, 0.3) is 11.3 Å². The fourth-order valence-corrected chi connectivity index (χ4v) is 2.82. The van der Waals surface area contributed by atoms with Crippen LogP contribution in [0.1, 0.15) is 10.6 Å². The largest absolute Gasteiger partial charge is 0.486 e. The normalized spacial score (nSPS) is 15.1. The summed E-state index contributed by atoms with van der Waals surface area (Å²) in [7, 11) is 0. The third-order valence-corrected chi connectivity index (χ3v) is 4.25. The van der Waals surface area contributed by atoms with E-state index in [1.165, 1.54) is 12.1 Å². The molecular formula is C20H16N2O6. The average Bonchev–Trinajstić information content (AvgIpc) is 3.22. The topological polar surface area (TPSA) is 104 Å². The van der Waals surface area contributed by atoms with Crippen LogP contribution >= 0.6 is 0 Å². The Bertz CT molecular complexity index is 1010. The third-order valence-electron chi connectivity index (χ3n) is 4.25. The summed E-state index contributed by atoms with van der Waals surface area (Å²) in [6, 6.07) is 16.5. The maximum Gasteiger partial charge on any atom is 0.287 e. The zero-order valence-electron chi connectivity index (χ0n) is 14.7. The fourth-order valence-electron chi connectivity index (χ4n) is 2.82. The van der Waals surface area contributed by atoms with Crippen LogP contribution in [0.15, 0.2) is 65.1 Å². The summed E-state index contributed by atoms with van der Waals surface area (Å²) in [5.74, 6) is 1.54. The van der Waals surface area contributed by atoms with Crippen molar-refractivity contribution >= 4 is 11.6 Å². The van der Waals surface area contributed by atoms with Gasteiger partial charge in [-0.05, 0) is 36.4 Å². The standard InChI is InChI=1S/C20H16N2O6/c23-20(21-11-15-12-26-17-3-1-2-4-18(17)27-15)19-10-9-16(28-19)13-5-7-14(8-6-13)22(24)25/h1-10,15H,11-12H2,(H,21,23). The van der Waals surface area contributed by atoms with Crippen molar-refractivity contribution in [3.05, 3.63) is 76.5 Å². The Balaban J connectivity index is 1.36. The molecule has 8 nitrogen and oxygen atoms in total. The number of nitro groups is 1. The minimum atomic E-state index is -0.472. The molecule has 0 bridgehead atoms. The number of non-ortho nitro benzene ring substituents is 1. The molecule has 2 aromatic carbocycles. The summed E-state index contributed by atoms with van der Waals surface area (Å²) < 4.78 is 17.0. The first-order valence-corrected chi connectivity index (χ1v) is 8.61. The van der Waals surface area contributed by atoms with E-state index in [1.807, 2.05) is 24.3 Å². The van der Waals surface area contributed by atoms with Gasteiger partial charge >= 0.3 is 0 Å². The first-order chi connectivity index (χ1) is 13.6. The lowest BCUT2D eigenvalue weighted by Gasteiger charge is -2.26. The first-order valence-electron chi connectivity index (χ1n) is 8.61. The lowest BCUT2D eigenvalue weighted by molar-refractivity contribution is -0.384. The van der Waals surface area contributed by atoms with Crippen molar-refractivity contribution in [2.45, 2.75) is 6.10 Å². The van der Waals surface area contributed by atoms with E-state index in [0.29, 0.717) is 29.4 Å². The lowest BCUT2D eigenvalue weighted by Crippen LogP contribution is -2.40. The van der Waals surface area contributed by atoms with Gasteiger partial charge in [-0.3, -0.25) is 14.9 Å². The number of nitro benzene ring substituents is 1. The van der Waals surface area contributed by atoms with Gasteiger partial charge in [0.2, 0.25) is 0 Å². The van der Waals surface area contributed by atoms with E-state index in [0.717, 1.165) is 0 Å². The van der Waals surface area contributed by atoms with Crippen molar-refractivity contribution in [3.8, 4) is 22.8 Å². The molecule has 0 aliphatic carbocycles. The Morgan fingerprint density at radius 3 is 2.57 bits per heavy atom. The molecule has 28 heavy (non-hydrogen) atoms. The Morgan fingerprint density at radius 2 is 1.82 bits per heavy atom. The molecular weight excluding hydrogens is 364 g/mol. The Kier molecular flexibility index (Phi) is 4.67. The number of carbonyl (C=O) groups is 1. The van der Waals surface area contributed by atoms with Gasteiger partial charge in [0.1, 0.15) is 18.5 Å². The van der Waals surface area contributed by atoms with Crippen molar-refractivity contribution in [1.82, 2.24) is 5.32 Å². The van der Waals surface area contributed by atoms with Gasteiger partial charge in [0.15, 0.2) is 17.3 Å². The molecule has 2 heterocycles. The molecule has 1 aliphatic heterocycles. The molecule has 1 amide bonds. The number of fused-ring (bicyclic) bond motifs is 1. The molecule has 1 aliphatic rings. The quantitative estimate of drug-likeness (QED) is 0.537. The van der Waals surface area contributed by atoms with E-state index in [1.54, 1.807) is 24.3 Å². The summed E-state index contributed by atoms with van der Waals surface area (Å²) >= 11 is 0. The summed E-state index contributed by atoms with van der Waals surface area (Å²) in [5.41, 5.74) is 0.634. The minimum Gasteiger partial charge on any atom is -0.486 e. The number of ether oxygens (including phenoxy) is 2. The molecule has 1 N–H and O–H groups in total. The monoisotopic (exact) mass is 380 g/mol. The molecule has 0 saturated heterocycles. The van der Waals surface area contributed by atoms with Crippen molar-refractivity contribution in [3.63, 3.8) is 0 Å². The van der Waals surface area contributed by atoms with Crippen LogP contribution in [-0.4, -0.2) is 30.1 Å². The van der Waals surface area contributed by atoms with Gasteiger partial charge in [-0.1, -0.05) is 12.1 Å².